The number of nitrogens with two attached hydrogens (primary N) is 1. The number of carbonyl (C=O) groups is 3. The number of aldehydes is 1. The number of pyridine rings is 1. The SMILES string of the molecule is CC(C)(N)C(=O)N[C@H](COCc1ccccc1)c1nnc2ccc(COC(=O)N3CCC[C@@H]3C=O)cn12. The number of nitrogens with zero attached hydrogens (tertiary/aromatic N) is 4. The van der Waals surface area contributed by atoms with Gasteiger partial charge >= 0.3 is 6.09 Å². The Bertz CT molecular complexity index is 1240. The molecule has 3 N–H and O–H groups in total. The Morgan fingerprint density at radius 3 is 2.68 bits per heavy atom. The number of carbonyl (C=O) groups excluding carboxylic acids is 3. The minimum absolute atomic E-state index is 0.00579. The monoisotopic (exact) mass is 508 g/mol. The molecule has 0 unspecified atom stereocenters. The molecule has 0 bridgehead atoms. The van der Waals surface area contributed by atoms with Crippen molar-refractivity contribution in [3.63, 3.8) is 0 Å². The number of nitrogens with one attached hydrogen (secondary N) is 1. The van der Waals surface area contributed by atoms with Crippen molar-refractivity contribution in [2.24, 2.45) is 5.73 Å². The van der Waals surface area contributed by atoms with Gasteiger partial charge in [-0.2, -0.15) is 0 Å². The highest BCUT2D eigenvalue weighted by molar-refractivity contribution is 5.85. The summed E-state index contributed by atoms with van der Waals surface area (Å²) in [5.41, 5.74) is 7.15. The van der Waals surface area contributed by atoms with E-state index in [0.29, 0.717) is 36.6 Å². The van der Waals surface area contributed by atoms with Gasteiger partial charge in [0.25, 0.3) is 0 Å². The molecule has 2 amide bonds. The van der Waals surface area contributed by atoms with Crippen molar-refractivity contribution in [2.75, 3.05) is 13.2 Å². The second-order valence-electron chi connectivity index (χ2n) is 9.67. The van der Waals surface area contributed by atoms with Gasteiger partial charge in [0.15, 0.2) is 11.5 Å². The minimum Gasteiger partial charge on any atom is -0.444 e. The molecule has 1 fully saturated rings. The van der Waals surface area contributed by atoms with Gasteiger partial charge in [-0.05, 0) is 38.3 Å². The van der Waals surface area contributed by atoms with Crippen LogP contribution >= 0.6 is 0 Å². The van der Waals surface area contributed by atoms with Crippen molar-refractivity contribution in [3.8, 4) is 0 Å². The van der Waals surface area contributed by atoms with Crippen LogP contribution in [0.2, 0.25) is 0 Å². The number of hydrogen-bond donors (Lipinski definition) is 2. The van der Waals surface area contributed by atoms with E-state index in [9.17, 15) is 14.4 Å². The van der Waals surface area contributed by atoms with Crippen LogP contribution in [-0.2, 0) is 32.3 Å². The normalized spacial score (nSPS) is 16.5. The summed E-state index contributed by atoms with van der Waals surface area (Å²) in [4.78, 5) is 37.8. The molecule has 1 saturated heterocycles. The zero-order chi connectivity index (χ0) is 26.4. The first-order valence-electron chi connectivity index (χ1n) is 12.2. The molecule has 0 aliphatic carbocycles. The maximum absolute atomic E-state index is 12.7. The number of aromatic nitrogens is 3. The van der Waals surface area contributed by atoms with Gasteiger partial charge in [-0.3, -0.25) is 14.1 Å². The maximum Gasteiger partial charge on any atom is 0.410 e. The van der Waals surface area contributed by atoms with E-state index in [-0.39, 0.29) is 19.1 Å². The van der Waals surface area contributed by atoms with E-state index in [0.717, 1.165) is 18.3 Å². The maximum atomic E-state index is 12.7. The summed E-state index contributed by atoms with van der Waals surface area (Å²) in [6.07, 6.45) is 3.42. The number of benzene rings is 1. The molecule has 1 aromatic carbocycles. The number of fused-ring (bicyclic) bond motifs is 1. The standard InChI is InChI=1S/C26H32N6O5/c1-26(2,27)24(34)28-21(17-36-15-18-7-4-3-5-8-18)23-30-29-22-11-10-19(13-32(22)23)16-37-25(35)31-12-6-9-20(31)14-33/h3-5,7-8,10-11,13-14,20-21H,6,9,12,15-17,27H2,1-2H3,(H,28,34)/t20-,21-/m1/s1. The molecule has 2 aromatic heterocycles. The summed E-state index contributed by atoms with van der Waals surface area (Å²) in [6, 6.07) is 12.2. The highest BCUT2D eigenvalue weighted by Crippen LogP contribution is 2.19. The van der Waals surface area contributed by atoms with E-state index < -0.39 is 23.7 Å². The third kappa shape index (κ3) is 6.49. The van der Waals surface area contributed by atoms with Crippen LogP contribution in [0.25, 0.3) is 5.65 Å². The van der Waals surface area contributed by atoms with E-state index in [2.05, 4.69) is 15.5 Å². The molecule has 11 heteroatoms. The largest absolute Gasteiger partial charge is 0.444 e. The van der Waals surface area contributed by atoms with E-state index in [1.54, 1.807) is 36.6 Å². The second-order valence-corrected chi connectivity index (χ2v) is 9.67. The molecular formula is C26H32N6O5. The first-order chi connectivity index (χ1) is 17.8. The van der Waals surface area contributed by atoms with Crippen LogP contribution in [0.5, 0.6) is 0 Å². The van der Waals surface area contributed by atoms with Crippen LogP contribution in [0.1, 0.15) is 49.7 Å². The zero-order valence-corrected chi connectivity index (χ0v) is 21.0. The van der Waals surface area contributed by atoms with Crippen LogP contribution in [-0.4, -0.2) is 62.5 Å². The van der Waals surface area contributed by atoms with Gasteiger partial charge in [-0.1, -0.05) is 36.4 Å². The van der Waals surface area contributed by atoms with Crippen LogP contribution in [0, 0.1) is 0 Å². The summed E-state index contributed by atoms with van der Waals surface area (Å²) in [7, 11) is 0. The Labute approximate surface area is 214 Å². The lowest BCUT2D eigenvalue weighted by Gasteiger charge is -2.23. The van der Waals surface area contributed by atoms with Crippen molar-refractivity contribution >= 4 is 23.9 Å². The predicted octanol–water partition coefficient (Wildman–Crippen LogP) is 2.14. The summed E-state index contributed by atoms with van der Waals surface area (Å²) < 4.78 is 13.1. The molecular weight excluding hydrogens is 476 g/mol. The lowest BCUT2D eigenvalue weighted by atomic mass is 10.1. The van der Waals surface area contributed by atoms with Crippen LogP contribution in [0.4, 0.5) is 4.79 Å². The molecule has 1 aliphatic rings. The fraction of sp³-hybridized carbons (Fsp3) is 0.423. The molecule has 0 radical (unpaired) electrons. The fourth-order valence-corrected chi connectivity index (χ4v) is 4.06. The smallest absolute Gasteiger partial charge is 0.410 e. The van der Waals surface area contributed by atoms with E-state index in [4.69, 9.17) is 15.2 Å². The Hall–Kier alpha value is -3.83. The van der Waals surface area contributed by atoms with Gasteiger partial charge in [-0.25, -0.2) is 4.79 Å². The highest BCUT2D eigenvalue weighted by Gasteiger charge is 2.30. The third-order valence-electron chi connectivity index (χ3n) is 6.14. The van der Waals surface area contributed by atoms with Crippen molar-refractivity contribution in [1.82, 2.24) is 24.8 Å². The van der Waals surface area contributed by atoms with Crippen LogP contribution in [0.15, 0.2) is 48.7 Å². The summed E-state index contributed by atoms with van der Waals surface area (Å²) in [5, 5.41) is 11.4. The van der Waals surface area contributed by atoms with Gasteiger partial charge in [0.1, 0.15) is 18.9 Å². The second kappa shape index (κ2) is 11.5. The van der Waals surface area contributed by atoms with Gasteiger partial charge in [0.2, 0.25) is 5.91 Å². The Morgan fingerprint density at radius 2 is 1.95 bits per heavy atom. The molecule has 0 spiro atoms. The quantitative estimate of drug-likeness (QED) is 0.397. The molecule has 37 heavy (non-hydrogen) atoms. The summed E-state index contributed by atoms with van der Waals surface area (Å²) in [5.74, 6) is 0.0902. The Kier molecular flexibility index (Phi) is 8.14. The minimum atomic E-state index is -1.10. The molecule has 3 aromatic rings. The average Bonchev–Trinajstić information content (AvgIpc) is 3.53. The number of rotatable bonds is 10. The molecule has 196 valence electrons. The first kappa shape index (κ1) is 26.2. The topological polar surface area (TPSA) is 141 Å². The fourth-order valence-electron chi connectivity index (χ4n) is 4.06. The number of likely N-dealkylation sites (tertiary alicyclic amines) is 1. The molecule has 3 heterocycles. The highest BCUT2D eigenvalue weighted by atomic mass is 16.6. The van der Waals surface area contributed by atoms with Gasteiger partial charge < -0.3 is 25.3 Å². The van der Waals surface area contributed by atoms with Crippen molar-refractivity contribution < 1.29 is 23.9 Å². The molecule has 11 nitrogen and oxygen atoms in total. The van der Waals surface area contributed by atoms with Crippen molar-refractivity contribution in [2.45, 2.75) is 57.5 Å². The summed E-state index contributed by atoms with van der Waals surface area (Å²) in [6.45, 7) is 4.24. The molecule has 1 aliphatic heterocycles. The molecule has 4 rings (SSSR count). The number of hydrogen-bond acceptors (Lipinski definition) is 8. The number of amides is 2. The Balaban J connectivity index is 1.50. The lowest BCUT2D eigenvalue weighted by molar-refractivity contribution is -0.126. The predicted molar refractivity (Wildman–Crippen MR) is 134 cm³/mol. The lowest BCUT2D eigenvalue weighted by Crippen LogP contribution is -2.50. The van der Waals surface area contributed by atoms with Crippen LogP contribution in [0.3, 0.4) is 0 Å². The Morgan fingerprint density at radius 1 is 1.16 bits per heavy atom. The molecule has 2 atom stereocenters. The van der Waals surface area contributed by atoms with Crippen molar-refractivity contribution in [3.05, 3.63) is 65.6 Å². The zero-order valence-electron chi connectivity index (χ0n) is 21.0. The van der Waals surface area contributed by atoms with Crippen molar-refractivity contribution in [1.29, 1.82) is 0 Å². The van der Waals surface area contributed by atoms with Gasteiger partial charge in [0.05, 0.1) is 24.8 Å². The van der Waals surface area contributed by atoms with Gasteiger partial charge in [0, 0.05) is 18.3 Å². The average molecular weight is 509 g/mol. The van der Waals surface area contributed by atoms with Gasteiger partial charge in [-0.15, -0.1) is 10.2 Å². The van der Waals surface area contributed by atoms with E-state index in [1.807, 2.05) is 30.3 Å². The first-order valence-corrected chi connectivity index (χ1v) is 12.2. The van der Waals surface area contributed by atoms with E-state index >= 15 is 0 Å². The molecule has 0 saturated carbocycles. The third-order valence-corrected chi connectivity index (χ3v) is 6.14. The number of ether oxygens (including phenoxy) is 2. The van der Waals surface area contributed by atoms with Crippen LogP contribution < -0.4 is 11.1 Å². The summed E-state index contributed by atoms with van der Waals surface area (Å²) >= 11 is 0. The van der Waals surface area contributed by atoms with E-state index in [1.165, 1.54) is 4.90 Å².